The Hall–Kier alpha value is -7.18. The summed E-state index contributed by atoms with van der Waals surface area (Å²) >= 11 is 0. The lowest BCUT2D eigenvalue weighted by atomic mass is 9.81. The van der Waals surface area contributed by atoms with E-state index in [1.54, 1.807) is 6.92 Å². The quantitative estimate of drug-likeness (QED) is 0.112. The monoisotopic (exact) mass is 974 g/mol. The summed E-state index contributed by atoms with van der Waals surface area (Å²) in [6.45, 7) is 8.30. The molecule has 69 heavy (non-hydrogen) atoms. The van der Waals surface area contributed by atoms with E-state index < -0.39 is 157 Å². The number of esters is 8. The Labute approximate surface area is 393 Å². The highest BCUT2D eigenvalue weighted by atomic mass is 16.8. The fourth-order valence-electron chi connectivity index (χ4n) is 7.86. The van der Waals surface area contributed by atoms with E-state index in [1.807, 2.05) is 0 Å². The van der Waals surface area contributed by atoms with Crippen molar-refractivity contribution in [2.75, 3.05) is 27.4 Å². The molecule has 2 fully saturated rings. The van der Waals surface area contributed by atoms with Gasteiger partial charge in [-0.05, 0) is 24.6 Å². The number of rotatable bonds is 16. The number of hydrogen-bond donors (Lipinski definition) is 0. The number of fused-ring (bicyclic) bond motifs is 2. The van der Waals surface area contributed by atoms with Crippen LogP contribution in [0.2, 0.25) is 0 Å². The van der Waals surface area contributed by atoms with Crippen LogP contribution in [0.5, 0.6) is 23.0 Å². The summed E-state index contributed by atoms with van der Waals surface area (Å²) in [7, 11) is 2.44. The van der Waals surface area contributed by atoms with Crippen LogP contribution in [0.1, 0.15) is 92.8 Å². The Morgan fingerprint density at radius 2 is 0.942 bits per heavy atom. The maximum atomic E-state index is 14.7. The summed E-state index contributed by atoms with van der Waals surface area (Å²) in [4.78, 5) is 129. The van der Waals surface area contributed by atoms with Crippen molar-refractivity contribution in [1.29, 1.82) is 0 Å². The van der Waals surface area contributed by atoms with Crippen molar-refractivity contribution in [3.8, 4) is 23.0 Å². The standard InChI is InChI=1S/C45H50O24/c1-17-12-26-32(27(13-17)56-10)36(55)33-28(14-29(57-11)37(60-19(3)47)34(33)35(26)54)67-45-43(66-25(9)53)41(64-23(7)51)39(62-21(5)49)31(69-45)16-59-44-42(65-24(8)52)40(63-22(6)50)38(61-20(4)48)30(68-44)15-58-18(2)46/h12-14,30-31,38-45H,15-16H2,1-11H3/t30-,31-,38-,39-,40+,41+,42-,43-,44-,45-/m1/s1. The third kappa shape index (κ3) is 12.3. The number of aryl methyl sites for hydroxylation is 1. The Balaban J connectivity index is 1.68. The van der Waals surface area contributed by atoms with Crippen LogP contribution in [0, 0.1) is 6.92 Å². The molecule has 2 saturated heterocycles. The zero-order valence-electron chi connectivity index (χ0n) is 39.2. The average molecular weight is 975 g/mol. The van der Waals surface area contributed by atoms with Crippen molar-refractivity contribution in [3.05, 3.63) is 46.0 Å². The van der Waals surface area contributed by atoms with Crippen LogP contribution >= 0.6 is 0 Å². The Kier molecular flexibility index (Phi) is 17.0. The molecule has 0 aromatic heterocycles. The SMILES string of the molecule is COc1cc(O[C@@H]2O[C@H](CO[C@@H]3O[C@H](COC(C)=O)[C@@H](OC(C)=O)[C@H](OC(C)=O)[C@H]3OC(C)=O)[C@@H](OC(C)=O)[C@H](OC(C)=O)[C@H]2OC(C)=O)c2c(c1OC(C)=O)C(=O)c1cc(C)cc(OC)c1C2=O. The molecule has 0 saturated carbocycles. The van der Waals surface area contributed by atoms with E-state index in [1.165, 1.54) is 19.2 Å². The fourth-order valence-corrected chi connectivity index (χ4v) is 7.86. The van der Waals surface area contributed by atoms with Crippen molar-refractivity contribution in [1.82, 2.24) is 0 Å². The number of hydrogen-bond acceptors (Lipinski definition) is 24. The summed E-state index contributed by atoms with van der Waals surface area (Å²) in [6, 6.07) is 4.00. The highest BCUT2D eigenvalue weighted by molar-refractivity contribution is 6.31. The summed E-state index contributed by atoms with van der Waals surface area (Å²) in [6.07, 6.45) is -17.4. The van der Waals surface area contributed by atoms with Crippen LogP contribution in [0.3, 0.4) is 0 Å². The third-order valence-electron chi connectivity index (χ3n) is 10.2. The molecular weight excluding hydrogens is 924 g/mol. The molecule has 0 radical (unpaired) electrons. The van der Waals surface area contributed by atoms with Crippen LogP contribution in [0.4, 0.5) is 0 Å². The van der Waals surface area contributed by atoms with Gasteiger partial charge < -0.3 is 66.3 Å². The van der Waals surface area contributed by atoms with Crippen LogP contribution in [-0.2, 0) is 85.7 Å². The molecule has 2 aromatic rings. The van der Waals surface area contributed by atoms with Gasteiger partial charge in [0.05, 0.1) is 37.5 Å². The van der Waals surface area contributed by atoms with E-state index in [0.29, 0.717) is 5.56 Å². The third-order valence-corrected chi connectivity index (χ3v) is 10.2. The van der Waals surface area contributed by atoms with E-state index >= 15 is 0 Å². The molecule has 3 aliphatic rings. The van der Waals surface area contributed by atoms with Gasteiger partial charge in [0.2, 0.25) is 18.2 Å². The topological polar surface area (TPSA) is 300 Å². The van der Waals surface area contributed by atoms with E-state index in [9.17, 15) is 47.9 Å². The first-order chi connectivity index (χ1) is 32.4. The molecule has 24 heteroatoms. The number of methoxy groups -OCH3 is 2. The molecule has 1 aliphatic carbocycles. The van der Waals surface area contributed by atoms with Crippen LogP contribution in [-0.4, -0.2) is 148 Å². The normalized spacial score (nSPS) is 24.7. The van der Waals surface area contributed by atoms with Gasteiger partial charge in [-0.1, -0.05) is 0 Å². The predicted octanol–water partition coefficient (Wildman–Crippen LogP) is 1.71. The maximum Gasteiger partial charge on any atom is 0.308 e. The molecular formula is C45H50O24. The minimum absolute atomic E-state index is 0.00456. The molecule has 0 amide bonds. The lowest BCUT2D eigenvalue weighted by molar-refractivity contribution is -0.327. The van der Waals surface area contributed by atoms with Crippen LogP contribution in [0.15, 0.2) is 18.2 Å². The summed E-state index contributed by atoms with van der Waals surface area (Å²) in [5, 5.41) is 0. The smallest absolute Gasteiger partial charge is 0.308 e. The van der Waals surface area contributed by atoms with Gasteiger partial charge in [0.25, 0.3) is 0 Å². The number of ether oxygens (including phenoxy) is 14. The first kappa shape index (κ1) is 52.8. The molecule has 5 rings (SSSR count). The zero-order valence-corrected chi connectivity index (χ0v) is 39.2. The largest absolute Gasteiger partial charge is 0.496 e. The Morgan fingerprint density at radius 1 is 0.478 bits per heavy atom. The van der Waals surface area contributed by atoms with Gasteiger partial charge in [-0.2, -0.15) is 0 Å². The lowest BCUT2D eigenvalue weighted by Crippen LogP contribution is -2.65. The number of carbonyl (C=O) groups excluding carboxylic acids is 10. The highest BCUT2D eigenvalue weighted by Gasteiger charge is 2.56. The van der Waals surface area contributed by atoms with Gasteiger partial charge >= 0.3 is 47.8 Å². The summed E-state index contributed by atoms with van der Waals surface area (Å²) < 4.78 is 79.7. The summed E-state index contributed by atoms with van der Waals surface area (Å²) in [5.74, 6) is -10.5. The summed E-state index contributed by atoms with van der Waals surface area (Å²) in [5.41, 5.74) is -0.786. The van der Waals surface area contributed by atoms with Crippen LogP contribution < -0.4 is 18.9 Å². The van der Waals surface area contributed by atoms with Gasteiger partial charge in [0, 0.05) is 67.0 Å². The second-order valence-electron chi connectivity index (χ2n) is 15.6. The molecule has 2 aromatic carbocycles. The van der Waals surface area contributed by atoms with E-state index in [-0.39, 0.29) is 22.6 Å². The van der Waals surface area contributed by atoms with Crippen LogP contribution in [0.25, 0.3) is 0 Å². The lowest BCUT2D eigenvalue weighted by Gasteiger charge is -2.46. The molecule has 10 atom stereocenters. The van der Waals surface area contributed by atoms with Gasteiger partial charge in [-0.3, -0.25) is 47.9 Å². The number of benzene rings is 2. The minimum Gasteiger partial charge on any atom is -0.496 e. The molecule has 0 bridgehead atoms. The van der Waals surface area contributed by atoms with Crippen molar-refractivity contribution in [3.63, 3.8) is 0 Å². The second-order valence-corrected chi connectivity index (χ2v) is 15.6. The zero-order chi connectivity index (χ0) is 51.2. The second kappa shape index (κ2) is 22.3. The highest BCUT2D eigenvalue weighted by Crippen LogP contribution is 2.47. The maximum absolute atomic E-state index is 14.7. The van der Waals surface area contributed by atoms with E-state index in [0.717, 1.165) is 68.6 Å². The van der Waals surface area contributed by atoms with E-state index in [4.69, 9.17) is 66.3 Å². The predicted molar refractivity (Wildman–Crippen MR) is 223 cm³/mol. The Morgan fingerprint density at radius 3 is 1.42 bits per heavy atom. The molecule has 374 valence electrons. The molecule has 0 N–H and O–H groups in total. The molecule has 2 aliphatic heterocycles. The van der Waals surface area contributed by atoms with Crippen molar-refractivity contribution in [2.45, 2.75) is 124 Å². The molecule has 24 nitrogen and oxygen atoms in total. The molecule has 2 heterocycles. The van der Waals surface area contributed by atoms with Crippen molar-refractivity contribution < 1.29 is 114 Å². The van der Waals surface area contributed by atoms with Gasteiger partial charge in [-0.15, -0.1) is 0 Å². The van der Waals surface area contributed by atoms with Gasteiger partial charge in [0.15, 0.2) is 54.1 Å². The van der Waals surface area contributed by atoms with Gasteiger partial charge in [0.1, 0.15) is 30.3 Å². The fraction of sp³-hybridized carbons (Fsp3) is 0.511. The first-order valence-electron chi connectivity index (χ1n) is 20.9. The number of ketones is 2. The minimum atomic E-state index is -2.01. The van der Waals surface area contributed by atoms with Gasteiger partial charge in [-0.25, -0.2) is 0 Å². The van der Waals surface area contributed by atoms with Crippen molar-refractivity contribution >= 4 is 59.3 Å². The first-order valence-corrected chi connectivity index (χ1v) is 20.9. The number of carbonyl (C=O) groups is 10. The Bertz CT molecular complexity index is 2410. The molecule has 0 spiro atoms. The van der Waals surface area contributed by atoms with E-state index in [2.05, 4.69) is 0 Å². The van der Waals surface area contributed by atoms with Crippen molar-refractivity contribution in [2.24, 2.45) is 0 Å². The molecule has 0 unspecified atom stereocenters. The average Bonchev–Trinajstić information content (AvgIpc) is 3.23.